The lowest BCUT2D eigenvalue weighted by Crippen LogP contribution is -2.25. The van der Waals surface area contributed by atoms with Gasteiger partial charge in [-0.15, -0.1) is 0 Å². The minimum absolute atomic E-state index is 0.0333. The number of likely N-dealkylation sites (N-methyl/N-ethyl adjacent to an activating group) is 1. The second-order valence-corrected chi connectivity index (χ2v) is 7.78. The molecule has 6 heteroatoms. The number of anilines is 1. The quantitative estimate of drug-likeness (QED) is 0.834. The van der Waals surface area contributed by atoms with E-state index in [1.165, 1.54) is 0 Å². The molecule has 0 saturated heterocycles. The number of fused-ring (bicyclic) bond motifs is 1. The van der Waals surface area contributed by atoms with E-state index >= 15 is 0 Å². The second kappa shape index (κ2) is 7.92. The lowest BCUT2D eigenvalue weighted by molar-refractivity contribution is -0.128. The van der Waals surface area contributed by atoms with Crippen LogP contribution in [0.1, 0.15) is 25.0 Å². The molecule has 1 N–H and O–H groups in total. The molecular weight excluding hydrogens is 356 g/mol. The Morgan fingerprint density at radius 3 is 2.54 bits per heavy atom. The number of benzene rings is 2. The molecule has 148 valence electrons. The topological polar surface area (TPSA) is 67.9 Å². The summed E-state index contributed by atoms with van der Waals surface area (Å²) in [5.41, 5.74) is 2.38. The fourth-order valence-electron chi connectivity index (χ4n) is 3.08. The second-order valence-electron chi connectivity index (χ2n) is 7.78. The number of carbonyl (C=O) groups excluding carboxylic acids is 2. The van der Waals surface area contributed by atoms with Gasteiger partial charge in [-0.1, -0.05) is 24.3 Å². The highest BCUT2D eigenvalue weighted by Crippen LogP contribution is 2.41. The van der Waals surface area contributed by atoms with Crippen LogP contribution < -0.4 is 14.8 Å². The molecule has 0 bridgehead atoms. The molecule has 0 aliphatic carbocycles. The van der Waals surface area contributed by atoms with E-state index in [9.17, 15) is 9.59 Å². The lowest BCUT2D eigenvalue weighted by Gasteiger charge is -2.18. The van der Waals surface area contributed by atoms with Crippen molar-refractivity contribution >= 4 is 17.5 Å². The van der Waals surface area contributed by atoms with Gasteiger partial charge in [0, 0.05) is 31.8 Å². The number of ether oxygens (including phenoxy) is 2. The Balaban J connectivity index is 1.55. The van der Waals surface area contributed by atoms with Crippen LogP contribution >= 0.6 is 0 Å². The van der Waals surface area contributed by atoms with Crippen LogP contribution in [0.2, 0.25) is 0 Å². The van der Waals surface area contributed by atoms with Crippen molar-refractivity contribution in [2.45, 2.75) is 32.3 Å². The Morgan fingerprint density at radius 1 is 1.14 bits per heavy atom. The number of nitrogens with one attached hydrogen (secondary N) is 1. The van der Waals surface area contributed by atoms with Gasteiger partial charge in [0.05, 0.1) is 6.42 Å². The molecule has 1 aliphatic heterocycles. The van der Waals surface area contributed by atoms with E-state index < -0.39 is 0 Å². The van der Waals surface area contributed by atoms with Gasteiger partial charge >= 0.3 is 0 Å². The van der Waals surface area contributed by atoms with Gasteiger partial charge in [-0.2, -0.15) is 0 Å². The summed E-state index contributed by atoms with van der Waals surface area (Å²) in [7, 11) is 3.45. The average molecular weight is 382 g/mol. The van der Waals surface area contributed by atoms with Crippen molar-refractivity contribution in [3.05, 3.63) is 53.6 Å². The van der Waals surface area contributed by atoms with Crippen LogP contribution in [0.15, 0.2) is 42.5 Å². The first-order valence-corrected chi connectivity index (χ1v) is 9.26. The van der Waals surface area contributed by atoms with Crippen molar-refractivity contribution in [1.29, 1.82) is 0 Å². The summed E-state index contributed by atoms with van der Waals surface area (Å²) in [6.07, 6.45) is 1.15. The average Bonchev–Trinajstić information content (AvgIpc) is 2.95. The number of hydrogen-bond donors (Lipinski definition) is 1. The molecule has 6 nitrogen and oxygen atoms in total. The van der Waals surface area contributed by atoms with Crippen LogP contribution in [0.3, 0.4) is 0 Å². The van der Waals surface area contributed by atoms with Crippen molar-refractivity contribution in [2.24, 2.45) is 0 Å². The third kappa shape index (κ3) is 4.82. The Morgan fingerprint density at radius 2 is 1.86 bits per heavy atom. The largest absolute Gasteiger partial charge is 0.483 e. The lowest BCUT2D eigenvalue weighted by atomic mass is 10.0. The summed E-state index contributed by atoms with van der Waals surface area (Å²) in [6.45, 7) is 3.94. The maximum atomic E-state index is 12.2. The third-order valence-electron chi connectivity index (χ3n) is 4.51. The molecule has 0 fully saturated rings. The zero-order valence-electron chi connectivity index (χ0n) is 16.7. The summed E-state index contributed by atoms with van der Waals surface area (Å²) < 4.78 is 11.6. The van der Waals surface area contributed by atoms with Crippen LogP contribution in [-0.2, 0) is 22.4 Å². The Kier molecular flexibility index (Phi) is 5.58. The van der Waals surface area contributed by atoms with Crippen LogP contribution in [0, 0.1) is 0 Å². The molecule has 3 rings (SSSR count). The molecule has 28 heavy (non-hydrogen) atoms. The van der Waals surface area contributed by atoms with Crippen LogP contribution in [-0.4, -0.2) is 43.0 Å². The zero-order chi connectivity index (χ0) is 20.3. The highest BCUT2D eigenvalue weighted by Gasteiger charge is 2.32. The maximum absolute atomic E-state index is 12.2. The highest BCUT2D eigenvalue weighted by atomic mass is 16.5. The number of rotatable bonds is 6. The molecule has 2 aromatic carbocycles. The normalized spacial score (nSPS) is 14.0. The Labute approximate surface area is 165 Å². The van der Waals surface area contributed by atoms with Gasteiger partial charge in [0.15, 0.2) is 18.1 Å². The predicted molar refractivity (Wildman–Crippen MR) is 108 cm³/mol. The van der Waals surface area contributed by atoms with Crippen molar-refractivity contribution in [2.75, 3.05) is 26.0 Å². The molecule has 2 aromatic rings. The molecule has 2 amide bonds. The number of nitrogens with zero attached hydrogens (tertiary/aromatic N) is 1. The van der Waals surface area contributed by atoms with Crippen molar-refractivity contribution in [1.82, 2.24) is 4.90 Å². The fourth-order valence-corrected chi connectivity index (χ4v) is 3.08. The monoisotopic (exact) mass is 382 g/mol. The van der Waals surface area contributed by atoms with Gasteiger partial charge in [-0.25, -0.2) is 0 Å². The van der Waals surface area contributed by atoms with E-state index in [0.717, 1.165) is 23.3 Å². The van der Waals surface area contributed by atoms with Gasteiger partial charge in [-0.05, 0) is 37.6 Å². The molecule has 0 unspecified atom stereocenters. The Bertz CT molecular complexity index is 873. The third-order valence-corrected chi connectivity index (χ3v) is 4.51. The summed E-state index contributed by atoms with van der Waals surface area (Å²) in [5, 5.41) is 2.80. The summed E-state index contributed by atoms with van der Waals surface area (Å²) in [4.78, 5) is 25.5. The first-order valence-electron chi connectivity index (χ1n) is 9.26. The van der Waals surface area contributed by atoms with Crippen LogP contribution in [0.25, 0.3) is 0 Å². The van der Waals surface area contributed by atoms with Gasteiger partial charge in [0.1, 0.15) is 5.60 Å². The number of hydrogen-bond acceptors (Lipinski definition) is 4. The molecule has 0 aromatic heterocycles. The summed E-state index contributed by atoms with van der Waals surface area (Å²) in [6, 6.07) is 13.0. The van der Waals surface area contributed by atoms with Crippen molar-refractivity contribution < 1.29 is 19.1 Å². The van der Waals surface area contributed by atoms with Crippen LogP contribution in [0.5, 0.6) is 11.5 Å². The standard InChI is InChI=1S/C22H26N2O4/c1-22(2)13-16-6-5-7-18(21(16)28-22)27-14-19(25)23-17-10-8-15(9-11-17)12-20(26)24(3)4/h5-11H,12-14H2,1-4H3,(H,23,25). The van der Waals surface area contributed by atoms with E-state index in [1.54, 1.807) is 31.1 Å². The first-order chi connectivity index (χ1) is 13.2. The van der Waals surface area contributed by atoms with Gasteiger partial charge in [0.2, 0.25) is 5.91 Å². The highest BCUT2D eigenvalue weighted by molar-refractivity contribution is 5.92. The van der Waals surface area contributed by atoms with E-state index in [2.05, 4.69) is 5.32 Å². The van der Waals surface area contributed by atoms with Crippen molar-refractivity contribution in [3.8, 4) is 11.5 Å². The number of carbonyl (C=O) groups is 2. The summed E-state index contributed by atoms with van der Waals surface area (Å²) in [5.74, 6) is 1.07. The van der Waals surface area contributed by atoms with Gasteiger partial charge in [-0.3, -0.25) is 9.59 Å². The molecule has 0 radical (unpaired) electrons. The minimum atomic E-state index is -0.264. The predicted octanol–water partition coefficient (Wildman–Crippen LogP) is 3.05. The van der Waals surface area contributed by atoms with Crippen molar-refractivity contribution in [3.63, 3.8) is 0 Å². The van der Waals surface area contributed by atoms with Gasteiger partial charge < -0.3 is 19.7 Å². The molecule has 0 saturated carbocycles. The molecule has 1 aliphatic rings. The first kappa shape index (κ1) is 19.7. The molecular formula is C22H26N2O4. The SMILES string of the molecule is CN(C)C(=O)Cc1ccc(NC(=O)COc2cccc3c2OC(C)(C)C3)cc1. The fraction of sp³-hybridized carbons (Fsp3) is 0.364. The minimum Gasteiger partial charge on any atom is -0.483 e. The van der Waals surface area contributed by atoms with E-state index in [-0.39, 0.29) is 24.0 Å². The number of amides is 2. The van der Waals surface area contributed by atoms with E-state index in [1.807, 2.05) is 44.2 Å². The smallest absolute Gasteiger partial charge is 0.262 e. The molecule has 0 atom stereocenters. The number of para-hydroxylation sites is 1. The summed E-state index contributed by atoms with van der Waals surface area (Å²) >= 11 is 0. The zero-order valence-corrected chi connectivity index (χ0v) is 16.7. The Hall–Kier alpha value is -3.02. The van der Waals surface area contributed by atoms with E-state index in [0.29, 0.717) is 17.9 Å². The molecule has 1 heterocycles. The van der Waals surface area contributed by atoms with Crippen LogP contribution in [0.4, 0.5) is 5.69 Å². The maximum Gasteiger partial charge on any atom is 0.262 e. The van der Waals surface area contributed by atoms with E-state index in [4.69, 9.17) is 9.47 Å². The van der Waals surface area contributed by atoms with Gasteiger partial charge in [0.25, 0.3) is 5.91 Å². The molecule has 0 spiro atoms.